The largest absolute Gasteiger partial charge is 0.485 e. The van der Waals surface area contributed by atoms with Crippen molar-refractivity contribution in [3.63, 3.8) is 0 Å². The van der Waals surface area contributed by atoms with Crippen LogP contribution in [0.3, 0.4) is 0 Å². The van der Waals surface area contributed by atoms with Gasteiger partial charge in [-0.15, -0.1) is 10.2 Å². The molecule has 10 heteroatoms. The number of hydrogen-bond acceptors (Lipinski definition) is 8. The van der Waals surface area contributed by atoms with Crippen molar-refractivity contribution < 1.29 is 19.1 Å². The molecule has 0 radical (unpaired) electrons. The van der Waals surface area contributed by atoms with Crippen LogP contribution in [0, 0.1) is 0 Å². The third-order valence-electron chi connectivity index (χ3n) is 4.17. The SMILES string of the molecule is Cn1c(SCC(=O)NC(=O)[C@H]2COc3ccccc3O2)nnc1-c1ccncc1. The second-order valence-corrected chi connectivity index (χ2v) is 7.11. The first-order valence-electron chi connectivity index (χ1n) is 8.76. The van der Waals surface area contributed by atoms with E-state index in [1.165, 1.54) is 11.8 Å². The summed E-state index contributed by atoms with van der Waals surface area (Å²) >= 11 is 1.19. The fourth-order valence-electron chi connectivity index (χ4n) is 2.73. The molecule has 4 rings (SSSR count). The minimum atomic E-state index is -0.882. The molecule has 1 N–H and O–H groups in total. The lowest BCUT2D eigenvalue weighted by molar-refractivity contribution is -0.135. The quantitative estimate of drug-likeness (QED) is 0.629. The number of aromatic nitrogens is 4. The third-order valence-corrected chi connectivity index (χ3v) is 5.19. The van der Waals surface area contributed by atoms with Crippen LogP contribution in [0.4, 0.5) is 0 Å². The van der Waals surface area contributed by atoms with Gasteiger partial charge in [-0.1, -0.05) is 23.9 Å². The number of ether oxygens (including phenoxy) is 2. The average Bonchev–Trinajstić information content (AvgIpc) is 3.12. The number of amides is 2. The van der Waals surface area contributed by atoms with E-state index in [0.29, 0.717) is 22.5 Å². The van der Waals surface area contributed by atoms with E-state index in [4.69, 9.17) is 9.47 Å². The van der Waals surface area contributed by atoms with Crippen LogP contribution >= 0.6 is 11.8 Å². The molecule has 9 nitrogen and oxygen atoms in total. The van der Waals surface area contributed by atoms with E-state index in [-0.39, 0.29) is 12.4 Å². The zero-order valence-electron chi connectivity index (χ0n) is 15.4. The summed E-state index contributed by atoms with van der Waals surface area (Å²) in [6.07, 6.45) is 2.46. The smallest absolute Gasteiger partial charge is 0.271 e. The van der Waals surface area contributed by atoms with Crippen LogP contribution in [0.15, 0.2) is 53.9 Å². The monoisotopic (exact) mass is 411 g/mol. The number of carbonyl (C=O) groups is 2. The Labute approximate surface area is 170 Å². The highest BCUT2D eigenvalue weighted by molar-refractivity contribution is 7.99. The van der Waals surface area contributed by atoms with Crippen molar-refractivity contribution >= 4 is 23.6 Å². The van der Waals surface area contributed by atoms with Crippen molar-refractivity contribution in [1.82, 2.24) is 25.1 Å². The van der Waals surface area contributed by atoms with Crippen LogP contribution in [-0.4, -0.2) is 50.0 Å². The zero-order chi connectivity index (χ0) is 20.2. The molecule has 1 aliphatic heterocycles. The number of thioether (sulfide) groups is 1. The van der Waals surface area contributed by atoms with Crippen molar-refractivity contribution in [2.75, 3.05) is 12.4 Å². The van der Waals surface area contributed by atoms with Crippen molar-refractivity contribution in [1.29, 1.82) is 0 Å². The minimum absolute atomic E-state index is 0.0121. The Morgan fingerprint density at radius 3 is 2.72 bits per heavy atom. The number of imide groups is 1. The fraction of sp³-hybridized carbons (Fsp3) is 0.211. The molecule has 148 valence electrons. The highest BCUT2D eigenvalue weighted by atomic mass is 32.2. The number of fused-ring (bicyclic) bond motifs is 1. The van der Waals surface area contributed by atoms with E-state index in [9.17, 15) is 9.59 Å². The zero-order valence-corrected chi connectivity index (χ0v) is 16.3. The highest BCUT2D eigenvalue weighted by Crippen LogP contribution is 2.30. The van der Waals surface area contributed by atoms with Crippen molar-refractivity contribution in [3.8, 4) is 22.9 Å². The van der Waals surface area contributed by atoms with Gasteiger partial charge in [0.25, 0.3) is 5.91 Å². The van der Waals surface area contributed by atoms with Crippen LogP contribution in [0.25, 0.3) is 11.4 Å². The number of carbonyl (C=O) groups excluding carboxylic acids is 2. The van der Waals surface area contributed by atoms with E-state index in [1.54, 1.807) is 35.2 Å². The number of nitrogens with one attached hydrogen (secondary N) is 1. The van der Waals surface area contributed by atoms with Crippen molar-refractivity contribution in [2.45, 2.75) is 11.3 Å². The van der Waals surface area contributed by atoms with Gasteiger partial charge < -0.3 is 14.0 Å². The molecular formula is C19H17N5O4S. The molecular weight excluding hydrogens is 394 g/mol. The Bertz CT molecular complexity index is 1040. The van der Waals surface area contributed by atoms with Crippen LogP contribution in [-0.2, 0) is 16.6 Å². The van der Waals surface area contributed by atoms with Crippen LogP contribution in [0.1, 0.15) is 0 Å². The highest BCUT2D eigenvalue weighted by Gasteiger charge is 2.28. The maximum atomic E-state index is 12.3. The molecule has 1 aromatic carbocycles. The molecule has 3 heterocycles. The molecule has 1 aliphatic rings. The third kappa shape index (κ3) is 4.21. The second-order valence-electron chi connectivity index (χ2n) is 6.17. The van der Waals surface area contributed by atoms with Gasteiger partial charge in [0.15, 0.2) is 22.5 Å². The lowest BCUT2D eigenvalue weighted by Gasteiger charge is -2.25. The molecule has 0 aliphatic carbocycles. The molecule has 0 saturated heterocycles. The van der Waals surface area contributed by atoms with Crippen molar-refractivity contribution in [3.05, 3.63) is 48.8 Å². The maximum Gasteiger partial charge on any atom is 0.271 e. The van der Waals surface area contributed by atoms with Gasteiger partial charge in [-0.05, 0) is 24.3 Å². The Hall–Kier alpha value is -3.40. The molecule has 0 saturated carbocycles. The number of para-hydroxylation sites is 2. The summed E-state index contributed by atoms with van der Waals surface area (Å²) in [6, 6.07) is 10.7. The normalized spacial score (nSPS) is 15.0. The summed E-state index contributed by atoms with van der Waals surface area (Å²) in [6.45, 7) is 0.0435. The van der Waals surface area contributed by atoms with Gasteiger partial charge in [0.2, 0.25) is 12.0 Å². The number of benzene rings is 1. The Morgan fingerprint density at radius 2 is 1.93 bits per heavy atom. The van der Waals surface area contributed by atoms with E-state index < -0.39 is 17.9 Å². The summed E-state index contributed by atoms with van der Waals surface area (Å²) in [5.74, 6) is 0.738. The van der Waals surface area contributed by atoms with Crippen molar-refractivity contribution in [2.24, 2.45) is 7.05 Å². The summed E-state index contributed by atoms with van der Waals surface area (Å²) in [5.41, 5.74) is 0.871. The fourth-order valence-corrected chi connectivity index (χ4v) is 3.44. The summed E-state index contributed by atoms with van der Waals surface area (Å²) < 4.78 is 12.9. The minimum Gasteiger partial charge on any atom is -0.485 e. The van der Waals surface area contributed by atoms with Gasteiger partial charge in [-0.25, -0.2) is 0 Å². The average molecular weight is 411 g/mol. The summed E-state index contributed by atoms with van der Waals surface area (Å²) in [7, 11) is 1.81. The number of rotatable bonds is 5. The molecule has 3 aromatic rings. The molecule has 29 heavy (non-hydrogen) atoms. The van der Waals surface area contributed by atoms with Gasteiger partial charge in [-0.3, -0.25) is 19.9 Å². The maximum absolute atomic E-state index is 12.3. The second kappa shape index (κ2) is 8.31. The first-order chi connectivity index (χ1) is 14.1. The van der Waals surface area contributed by atoms with Crippen LogP contribution < -0.4 is 14.8 Å². The molecule has 1 atom stereocenters. The standard InChI is InChI=1S/C19H17N5O4S/c1-24-17(12-6-8-20-9-7-12)22-23-19(24)29-11-16(25)21-18(26)15-10-27-13-4-2-3-5-14(13)28-15/h2-9,15H,10-11H2,1H3,(H,21,25,26)/t15-/m1/s1. The van der Waals surface area contributed by atoms with Gasteiger partial charge in [0.05, 0.1) is 5.75 Å². The summed E-state index contributed by atoms with van der Waals surface area (Å²) in [4.78, 5) is 28.5. The topological polar surface area (TPSA) is 108 Å². The lowest BCUT2D eigenvalue weighted by Crippen LogP contribution is -2.46. The first-order valence-corrected chi connectivity index (χ1v) is 9.75. The molecule has 0 unspecified atom stereocenters. The van der Waals surface area contributed by atoms with E-state index in [0.717, 1.165) is 5.56 Å². The molecule has 2 amide bonds. The van der Waals surface area contributed by atoms with Gasteiger partial charge in [-0.2, -0.15) is 0 Å². The Balaban J connectivity index is 1.32. The Morgan fingerprint density at radius 1 is 1.17 bits per heavy atom. The van der Waals surface area contributed by atoms with Gasteiger partial charge in [0.1, 0.15) is 6.61 Å². The number of nitrogens with zero attached hydrogens (tertiary/aromatic N) is 4. The van der Waals surface area contributed by atoms with E-state index in [1.807, 2.05) is 25.2 Å². The number of hydrogen-bond donors (Lipinski definition) is 1. The van der Waals surface area contributed by atoms with Gasteiger partial charge >= 0.3 is 0 Å². The predicted octanol–water partition coefficient (Wildman–Crippen LogP) is 1.45. The number of pyridine rings is 1. The molecule has 0 fully saturated rings. The van der Waals surface area contributed by atoms with E-state index in [2.05, 4.69) is 20.5 Å². The molecule has 0 spiro atoms. The van der Waals surface area contributed by atoms with Crippen LogP contribution in [0.2, 0.25) is 0 Å². The van der Waals surface area contributed by atoms with Crippen LogP contribution in [0.5, 0.6) is 11.5 Å². The molecule has 2 aromatic heterocycles. The molecule has 0 bridgehead atoms. The van der Waals surface area contributed by atoms with Gasteiger partial charge in [0, 0.05) is 25.0 Å². The Kier molecular flexibility index (Phi) is 5.43. The lowest BCUT2D eigenvalue weighted by atomic mass is 10.2. The summed E-state index contributed by atoms with van der Waals surface area (Å²) in [5, 5.41) is 11.2. The predicted molar refractivity (Wildman–Crippen MR) is 104 cm³/mol. The van der Waals surface area contributed by atoms with E-state index >= 15 is 0 Å². The first kappa shape index (κ1) is 18.9.